The van der Waals surface area contributed by atoms with Crippen LogP contribution in [0.1, 0.15) is 23.1 Å². The molecule has 0 aromatic heterocycles. The van der Waals surface area contributed by atoms with Gasteiger partial charge in [-0.2, -0.15) is 0 Å². The summed E-state index contributed by atoms with van der Waals surface area (Å²) in [4.78, 5) is 38.4. The zero-order valence-corrected chi connectivity index (χ0v) is 17.4. The van der Waals surface area contributed by atoms with E-state index in [-0.39, 0.29) is 18.9 Å². The Labute approximate surface area is 174 Å². The molecule has 29 heavy (non-hydrogen) atoms. The Hall–Kier alpha value is -2.86. The summed E-state index contributed by atoms with van der Waals surface area (Å²) in [6.07, 6.45) is 0.0667. The summed E-state index contributed by atoms with van der Waals surface area (Å²) in [5.41, 5.74) is 4.15. The molecule has 3 rings (SSSR count). The molecule has 1 aliphatic heterocycles. The molecule has 0 bridgehead atoms. The smallest absolute Gasteiger partial charge is 0.311 e. The predicted octanol–water partition coefficient (Wildman–Crippen LogP) is 3.80. The van der Waals surface area contributed by atoms with E-state index in [0.717, 1.165) is 22.4 Å². The molecular weight excluding hydrogens is 392 g/mol. The number of ether oxygens (including phenoxy) is 1. The minimum absolute atomic E-state index is 0.0667. The predicted molar refractivity (Wildman–Crippen MR) is 112 cm³/mol. The standard InChI is InChI=1S/C22H23ClN2O4/c1-13-4-6-17(7-5-13)25-11-16(10-20(25)27)22(28)29-12-19(26)24-21-15(3)8-14(2)9-18(21)23/h4-9,16H,10-12H2,1-3H3,(H,24,26)/t16-/m1/s1. The zero-order valence-electron chi connectivity index (χ0n) is 16.6. The summed E-state index contributed by atoms with van der Waals surface area (Å²) in [5.74, 6) is -1.77. The molecule has 152 valence electrons. The van der Waals surface area contributed by atoms with Crippen LogP contribution in [-0.2, 0) is 19.1 Å². The lowest BCUT2D eigenvalue weighted by atomic mass is 10.1. The van der Waals surface area contributed by atoms with Gasteiger partial charge >= 0.3 is 5.97 Å². The van der Waals surface area contributed by atoms with Crippen LogP contribution in [0, 0.1) is 26.7 Å². The summed E-state index contributed by atoms with van der Waals surface area (Å²) in [5, 5.41) is 3.10. The summed E-state index contributed by atoms with van der Waals surface area (Å²) in [7, 11) is 0. The van der Waals surface area contributed by atoms with Crippen LogP contribution in [-0.4, -0.2) is 30.9 Å². The number of hydrogen-bond acceptors (Lipinski definition) is 4. The quantitative estimate of drug-likeness (QED) is 0.755. The first-order valence-corrected chi connectivity index (χ1v) is 9.72. The van der Waals surface area contributed by atoms with Crippen molar-refractivity contribution < 1.29 is 19.1 Å². The first-order chi connectivity index (χ1) is 13.7. The third-order valence-electron chi connectivity index (χ3n) is 4.85. The highest BCUT2D eigenvalue weighted by molar-refractivity contribution is 6.34. The molecule has 2 amide bonds. The van der Waals surface area contributed by atoms with E-state index in [0.29, 0.717) is 10.7 Å². The number of benzene rings is 2. The van der Waals surface area contributed by atoms with E-state index in [1.54, 1.807) is 11.0 Å². The van der Waals surface area contributed by atoms with Crippen LogP contribution in [0.15, 0.2) is 36.4 Å². The third-order valence-corrected chi connectivity index (χ3v) is 5.14. The second kappa shape index (κ2) is 8.66. The molecule has 0 spiro atoms. The minimum Gasteiger partial charge on any atom is -0.455 e. The van der Waals surface area contributed by atoms with Gasteiger partial charge in [0.2, 0.25) is 5.91 Å². The van der Waals surface area contributed by atoms with Gasteiger partial charge in [0, 0.05) is 18.7 Å². The highest BCUT2D eigenvalue weighted by Crippen LogP contribution is 2.28. The third kappa shape index (κ3) is 4.95. The number of esters is 1. The van der Waals surface area contributed by atoms with E-state index in [9.17, 15) is 14.4 Å². The van der Waals surface area contributed by atoms with Crippen LogP contribution in [0.5, 0.6) is 0 Å². The maximum absolute atomic E-state index is 12.4. The van der Waals surface area contributed by atoms with E-state index in [4.69, 9.17) is 16.3 Å². The molecule has 0 unspecified atom stereocenters. The average Bonchev–Trinajstić information content (AvgIpc) is 3.05. The zero-order chi connectivity index (χ0) is 21.1. The molecule has 1 heterocycles. The van der Waals surface area contributed by atoms with E-state index < -0.39 is 24.4 Å². The van der Waals surface area contributed by atoms with Crippen LogP contribution in [0.4, 0.5) is 11.4 Å². The van der Waals surface area contributed by atoms with Crippen molar-refractivity contribution in [2.45, 2.75) is 27.2 Å². The van der Waals surface area contributed by atoms with Crippen molar-refractivity contribution in [3.8, 4) is 0 Å². The summed E-state index contributed by atoms with van der Waals surface area (Å²) in [6.45, 7) is 5.52. The van der Waals surface area contributed by atoms with Gasteiger partial charge in [-0.3, -0.25) is 14.4 Å². The summed E-state index contributed by atoms with van der Waals surface area (Å²) >= 11 is 6.18. The first-order valence-electron chi connectivity index (χ1n) is 9.35. The lowest BCUT2D eigenvalue weighted by Crippen LogP contribution is -2.28. The minimum atomic E-state index is -0.596. The molecule has 2 aromatic rings. The van der Waals surface area contributed by atoms with Crippen molar-refractivity contribution >= 4 is 40.8 Å². The van der Waals surface area contributed by atoms with Crippen LogP contribution >= 0.6 is 11.6 Å². The number of aryl methyl sites for hydroxylation is 3. The van der Waals surface area contributed by atoms with Crippen LogP contribution in [0.2, 0.25) is 5.02 Å². The van der Waals surface area contributed by atoms with Gasteiger partial charge in [-0.15, -0.1) is 0 Å². The highest BCUT2D eigenvalue weighted by atomic mass is 35.5. The number of anilines is 2. The van der Waals surface area contributed by atoms with Crippen LogP contribution in [0.3, 0.4) is 0 Å². The molecule has 6 nitrogen and oxygen atoms in total. The van der Waals surface area contributed by atoms with Gasteiger partial charge in [0.05, 0.1) is 16.6 Å². The van der Waals surface area contributed by atoms with Gasteiger partial charge in [-0.05, 0) is 50.1 Å². The number of nitrogens with one attached hydrogen (secondary N) is 1. The van der Waals surface area contributed by atoms with Crippen molar-refractivity contribution in [3.63, 3.8) is 0 Å². The number of rotatable bonds is 5. The van der Waals surface area contributed by atoms with Crippen molar-refractivity contribution in [1.82, 2.24) is 0 Å². The van der Waals surface area contributed by atoms with Gasteiger partial charge in [0.15, 0.2) is 6.61 Å². The molecular formula is C22H23ClN2O4. The molecule has 1 atom stereocenters. The van der Waals surface area contributed by atoms with E-state index in [2.05, 4.69) is 5.32 Å². The Balaban J connectivity index is 1.55. The lowest BCUT2D eigenvalue weighted by molar-refractivity contribution is -0.151. The Morgan fingerprint density at radius 3 is 2.48 bits per heavy atom. The van der Waals surface area contributed by atoms with Crippen molar-refractivity contribution in [1.29, 1.82) is 0 Å². The van der Waals surface area contributed by atoms with Crippen molar-refractivity contribution in [2.24, 2.45) is 5.92 Å². The van der Waals surface area contributed by atoms with Gasteiger partial charge in [0.25, 0.3) is 5.91 Å². The Morgan fingerprint density at radius 1 is 1.14 bits per heavy atom. The molecule has 0 aliphatic carbocycles. The number of halogens is 1. The van der Waals surface area contributed by atoms with Crippen molar-refractivity contribution in [3.05, 3.63) is 58.1 Å². The summed E-state index contributed by atoms with van der Waals surface area (Å²) < 4.78 is 5.14. The first kappa shape index (κ1) is 20.9. The lowest BCUT2D eigenvalue weighted by Gasteiger charge is -2.16. The van der Waals surface area contributed by atoms with Crippen LogP contribution < -0.4 is 10.2 Å². The summed E-state index contributed by atoms with van der Waals surface area (Å²) in [6, 6.07) is 11.2. The van der Waals surface area contributed by atoms with Gasteiger partial charge in [-0.1, -0.05) is 35.4 Å². The van der Waals surface area contributed by atoms with Gasteiger partial charge in [0.1, 0.15) is 0 Å². The van der Waals surface area contributed by atoms with Gasteiger partial charge < -0.3 is 15.0 Å². The molecule has 1 aliphatic rings. The van der Waals surface area contributed by atoms with Crippen molar-refractivity contribution in [2.75, 3.05) is 23.4 Å². The monoisotopic (exact) mass is 414 g/mol. The van der Waals surface area contributed by atoms with Gasteiger partial charge in [-0.25, -0.2) is 0 Å². The SMILES string of the molecule is Cc1ccc(N2C[C@H](C(=O)OCC(=O)Nc3c(C)cc(C)cc3Cl)CC2=O)cc1. The number of carbonyl (C=O) groups is 3. The maximum atomic E-state index is 12.4. The molecule has 1 N–H and O–H groups in total. The second-order valence-electron chi connectivity index (χ2n) is 7.34. The number of nitrogens with zero attached hydrogens (tertiary/aromatic N) is 1. The largest absolute Gasteiger partial charge is 0.455 e. The van der Waals surface area contributed by atoms with E-state index in [1.807, 2.05) is 51.1 Å². The molecule has 1 saturated heterocycles. The number of amides is 2. The molecule has 0 saturated carbocycles. The molecule has 2 aromatic carbocycles. The van der Waals surface area contributed by atoms with E-state index in [1.165, 1.54) is 0 Å². The van der Waals surface area contributed by atoms with Crippen LogP contribution in [0.25, 0.3) is 0 Å². The molecule has 7 heteroatoms. The Bertz CT molecular complexity index is 933. The fourth-order valence-corrected chi connectivity index (χ4v) is 3.71. The molecule has 0 radical (unpaired) electrons. The van der Waals surface area contributed by atoms with E-state index >= 15 is 0 Å². The average molecular weight is 415 g/mol. The topological polar surface area (TPSA) is 75.7 Å². The maximum Gasteiger partial charge on any atom is 0.311 e. The Kier molecular flexibility index (Phi) is 6.23. The fraction of sp³-hybridized carbons (Fsp3) is 0.318. The second-order valence-corrected chi connectivity index (χ2v) is 7.74. The fourth-order valence-electron chi connectivity index (χ4n) is 3.34. The Morgan fingerprint density at radius 2 is 1.83 bits per heavy atom. The highest BCUT2D eigenvalue weighted by Gasteiger charge is 2.36. The number of hydrogen-bond donors (Lipinski definition) is 1. The normalized spacial score (nSPS) is 16.1. The molecule has 1 fully saturated rings. The number of carbonyl (C=O) groups excluding carboxylic acids is 3.